The van der Waals surface area contributed by atoms with Gasteiger partial charge in [-0.3, -0.25) is 4.79 Å². The molecule has 0 radical (unpaired) electrons. The van der Waals surface area contributed by atoms with E-state index < -0.39 is 23.5 Å². The first kappa shape index (κ1) is 30.3. The number of nitrogens with two attached hydrogens (primary N) is 1. The summed E-state index contributed by atoms with van der Waals surface area (Å²) in [6, 6.07) is 6.04. The maximum atomic E-state index is 13.9. The summed E-state index contributed by atoms with van der Waals surface area (Å²) in [6.07, 6.45) is 0. The Labute approximate surface area is 229 Å². The van der Waals surface area contributed by atoms with Crippen molar-refractivity contribution in [3.8, 4) is 0 Å². The summed E-state index contributed by atoms with van der Waals surface area (Å²) in [5.41, 5.74) is 6.72. The van der Waals surface area contributed by atoms with E-state index in [2.05, 4.69) is 41.8 Å². The van der Waals surface area contributed by atoms with Crippen LogP contribution in [0.2, 0.25) is 0 Å². The smallest absolute Gasteiger partial charge is 0.374 e. The minimum atomic E-state index is -0.662. The van der Waals surface area contributed by atoms with E-state index in [9.17, 15) is 18.4 Å². The van der Waals surface area contributed by atoms with Gasteiger partial charge in [0.15, 0.2) is 17.5 Å². The molecule has 4 aromatic rings. The molecule has 200 valence electrons. The second-order valence-electron chi connectivity index (χ2n) is 8.39. The third-order valence-corrected chi connectivity index (χ3v) is 6.05. The molecule has 0 spiro atoms. The van der Waals surface area contributed by atoms with Gasteiger partial charge in [-0.2, -0.15) is 0 Å². The van der Waals surface area contributed by atoms with E-state index in [1.807, 2.05) is 27.7 Å². The fraction of sp³-hybridized carbons (Fsp3) is 0.333. The molecule has 0 saturated heterocycles. The van der Waals surface area contributed by atoms with Gasteiger partial charge in [-0.15, -0.1) is 0 Å². The molecule has 0 bridgehead atoms. The molecule has 2 aromatic heterocycles. The molecule has 0 unspecified atom stereocenters. The Kier molecular flexibility index (Phi) is 9.91. The summed E-state index contributed by atoms with van der Waals surface area (Å²) < 4.78 is 37.1. The molecule has 2 aromatic carbocycles. The van der Waals surface area contributed by atoms with Crippen LogP contribution in [0.15, 0.2) is 33.2 Å². The highest BCUT2D eigenvalue weighted by molar-refractivity contribution is 9.10. The number of ether oxygens (including phenoxy) is 1. The average molecular weight is 646 g/mol. The quantitative estimate of drug-likeness (QED) is 0.238. The van der Waals surface area contributed by atoms with Crippen LogP contribution >= 0.6 is 31.9 Å². The van der Waals surface area contributed by atoms with E-state index in [1.54, 1.807) is 28.2 Å². The number of carbonyl (C=O) groups excluding carboxylic acids is 2. The summed E-state index contributed by atoms with van der Waals surface area (Å²) in [5, 5.41) is 0. The van der Waals surface area contributed by atoms with Gasteiger partial charge in [0.05, 0.1) is 17.6 Å². The highest BCUT2D eigenvalue weighted by atomic mass is 79.9. The second-order valence-corrected chi connectivity index (χ2v) is 10.2. The van der Waals surface area contributed by atoms with E-state index in [-0.39, 0.29) is 47.5 Å². The molecule has 0 aliphatic carbocycles. The van der Waals surface area contributed by atoms with Crippen LogP contribution < -0.4 is 11.9 Å². The van der Waals surface area contributed by atoms with E-state index in [4.69, 9.17) is 10.5 Å². The summed E-state index contributed by atoms with van der Waals surface area (Å²) >= 11 is 6.46. The van der Waals surface area contributed by atoms with Gasteiger partial charge in [0.25, 0.3) is 5.91 Å². The minimum Gasteiger partial charge on any atom is -0.460 e. The summed E-state index contributed by atoms with van der Waals surface area (Å²) in [4.78, 5) is 31.2. The van der Waals surface area contributed by atoms with Crippen molar-refractivity contribution in [2.24, 2.45) is 5.73 Å². The van der Waals surface area contributed by atoms with Crippen molar-refractivity contribution in [1.29, 1.82) is 0 Å². The molecule has 0 aliphatic heterocycles. The Morgan fingerprint density at radius 2 is 1.30 bits per heavy atom. The first-order chi connectivity index (χ1) is 16.9. The third kappa shape index (κ3) is 6.16. The van der Waals surface area contributed by atoms with E-state index in [1.165, 1.54) is 12.1 Å². The van der Waals surface area contributed by atoms with Crippen molar-refractivity contribution in [3.05, 3.63) is 56.5 Å². The first-order valence-electron chi connectivity index (χ1n) is 11.1. The molecule has 37 heavy (non-hydrogen) atoms. The zero-order valence-corrected chi connectivity index (χ0v) is 24.2. The normalized spacial score (nSPS) is 11.0. The number of hydrogen-bond donors (Lipinski definition) is 2. The molecule has 1 amide bonds. The highest BCUT2D eigenvalue weighted by Gasteiger charge is 2.23. The number of imidazole rings is 2. The van der Waals surface area contributed by atoms with Crippen LogP contribution in [0.4, 0.5) is 8.78 Å². The number of aromatic nitrogens is 4. The lowest BCUT2D eigenvalue weighted by atomic mass is 10.3. The predicted octanol–water partition coefficient (Wildman–Crippen LogP) is 6.48. The number of amides is 1. The first-order valence-corrected chi connectivity index (χ1v) is 12.7. The highest BCUT2D eigenvalue weighted by Crippen LogP contribution is 2.28. The molecule has 0 saturated carbocycles. The summed E-state index contributed by atoms with van der Waals surface area (Å²) in [7, 11) is 0. The van der Waals surface area contributed by atoms with Gasteiger partial charge < -0.3 is 25.8 Å². The molecule has 0 atom stereocenters. The number of rotatable bonds is 5. The molecule has 5 N–H and O–H groups in total. The molecule has 0 fully saturated rings. The molecule has 0 aliphatic rings. The maximum absolute atomic E-state index is 13.9. The van der Waals surface area contributed by atoms with Gasteiger partial charge in [0.2, 0.25) is 5.82 Å². The molecular weight excluding hydrogens is 618 g/mol. The van der Waals surface area contributed by atoms with Crippen LogP contribution in [0.25, 0.3) is 22.1 Å². The van der Waals surface area contributed by atoms with Gasteiger partial charge in [-0.1, -0.05) is 31.9 Å². The number of hydrogen-bond acceptors (Lipinski definition) is 6. The summed E-state index contributed by atoms with van der Waals surface area (Å²) in [5.74, 6) is -1.94. The number of primary amides is 1. The number of fused-ring (bicyclic) bond motifs is 2. The van der Waals surface area contributed by atoms with Crippen LogP contribution in [0.3, 0.4) is 0 Å². The monoisotopic (exact) mass is 644 g/mol. The van der Waals surface area contributed by atoms with Crippen molar-refractivity contribution >= 4 is 65.8 Å². The number of halogens is 4. The zero-order chi connectivity index (χ0) is 26.9. The van der Waals surface area contributed by atoms with Gasteiger partial charge in [0, 0.05) is 21.0 Å². The minimum absolute atomic E-state index is 0. The Balaban J connectivity index is 0.000000255. The van der Waals surface area contributed by atoms with Gasteiger partial charge in [0.1, 0.15) is 11.0 Å². The molecule has 2 heterocycles. The van der Waals surface area contributed by atoms with Crippen LogP contribution in [0, 0.1) is 11.6 Å². The standard InChI is InChI=1S/C13H14BrFN2O2.C11H11BrFN3O.H3N/c1-4-19-13(18)12-16-11-9(15)5-8(14)6-10(11)17(12)7(2)3;1-5(2)16-8-4-6(12)3-7(13)9(8)15-11(16)10(14)17;/h5-7H,4H2,1-3H3;3-5H,1-2H3,(H2,14,17);1H3. The van der Waals surface area contributed by atoms with Crippen molar-refractivity contribution in [3.63, 3.8) is 0 Å². The van der Waals surface area contributed by atoms with Gasteiger partial charge in [-0.25, -0.2) is 23.5 Å². The van der Waals surface area contributed by atoms with Crippen molar-refractivity contribution < 1.29 is 23.1 Å². The zero-order valence-electron chi connectivity index (χ0n) is 21.0. The third-order valence-electron chi connectivity index (χ3n) is 5.14. The SMILES string of the molecule is CC(C)n1c(C(N)=O)nc2c(F)cc(Br)cc21.CCOC(=O)c1nc2c(F)cc(Br)cc2n1C(C)C.N. The molecule has 4 rings (SSSR count). The Bertz CT molecular complexity index is 1470. The molecular formula is C24H28Br2F2N6O3. The van der Waals surface area contributed by atoms with Gasteiger partial charge in [-0.05, 0) is 58.9 Å². The van der Waals surface area contributed by atoms with E-state index in [0.29, 0.717) is 20.0 Å². The van der Waals surface area contributed by atoms with Crippen LogP contribution in [-0.2, 0) is 4.74 Å². The van der Waals surface area contributed by atoms with Gasteiger partial charge >= 0.3 is 5.97 Å². The van der Waals surface area contributed by atoms with Crippen molar-refractivity contribution in [1.82, 2.24) is 25.3 Å². The lowest BCUT2D eigenvalue weighted by molar-refractivity contribution is 0.0505. The number of nitrogens with zero attached hydrogens (tertiary/aromatic N) is 4. The van der Waals surface area contributed by atoms with E-state index >= 15 is 0 Å². The number of benzene rings is 2. The van der Waals surface area contributed by atoms with E-state index in [0.717, 1.165) is 0 Å². The average Bonchev–Trinajstić information content (AvgIpc) is 3.34. The lowest BCUT2D eigenvalue weighted by Crippen LogP contribution is -2.19. The van der Waals surface area contributed by atoms with Crippen LogP contribution in [-0.4, -0.2) is 37.6 Å². The number of esters is 1. The fourth-order valence-corrected chi connectivity index (χ4v) is 4.64. The second kappa shape index (κ2) is 12.1. The maximum Gasteiger partial charge on any atom is 0.374 e. The van der Waals surface area contributed by atoms with Crippen molar-refractivity contribution in [2.45, 2.75) is 46.7 Å². The Morgan fingerprint density at radius 1 is 0.892 bits per heavy atom. The number of carbonyl (C=O) groups is 2. The molecule has 13 heteroatoms. The Hall–Kier alpha value is -2.90. The van der Waals surface area contributed by atoms with Crippen LogP contribution in [0.1, 0.15) is 67.9 Å². The fourth-order valence-electron chi connectivity index (χ4n) is 3.80. The Morgan fingerprint density at radius 3 is 1.68 bits per heavy atom. The lowest BCUT2D eigenvalue weighted by Gasteiger charge is -2.12. The van der Waals surface area contributed by atoms with Crippen LogP contribution in [0.5, 0.6) is 0 Å². The predicted molar refractivity (Wildman–Crippen MR) is 145 cm³/mol. The molecule has 9 nitrogen and oxygen atoms in total. The van der Waals surface area contributed by atoms with Crippen molar-refractivity contribution in [2.75, 3.05) is 6.61 Å². The summed E-state index contributed by atoms with van der Waals surface area (Å²) in [6.45, 7) is 9.55. The largest absolute Gasteiger partial charge is 0.460 e. The topological polar surface area (TPSA) is 140 Å².